The van der Waals surface area contributed by atoms with Gasteiger partial charge in [0.2, 0.25) is 0 Å². The minimum absolute atomic E-state index is 0.0251. The lowest BCUT2D eigenvalue weighted by atomic mass is 10.0. The van der Waals surface area contributed by atoms with Crippen LogP contribution in [-0.4, -0.2) is 45.8 Å². The van der Waals surface area contributed by atoms with Gasteiger partial charge < -0.3 is 14.4 Å². The molecule has 1 aliphatic heterocycles. The summed E-state index contributed by atoms with van der Waals surface area (Å²) in [5.74, 6) is 0. The second-order valence-electron chi connectivity index (χ2n) is 6.32. The van der Waals surface area contributed by atoms with Crippen LogP contribution in [0.4, 0.5) is 4.79 Å². The highest BCUT2D eigenvalue weighted by atomic mass is 35.5. The molecule has 0 saturated carbocycles. The van der Waals surface area contributed by atoms with Crippen molar-refractivity contribution >= 4 is 17.7 Å². The Labute approximate surface area is 135 Å². The molecule has 0 radical (unpaired) electrons. The Hall–Kier alpha value is -1.56. The summed E-state index contributed by atoms with van der Waals surface area (Å²) in [6.45, 7) is 6.62. The fourth-order valence-electron chi connectivity index (χ4n) is 2.28. The van der Waals surface area contributed by atoms with Crippen molar-refractivity contribution in [2.45, 2.75) is 51.7 Å². The first-order chi connectivity index (χ1) is 10.3. The Balaban J connectivity index is 1.94. The lowest BCUT2D eigenvalue weighted by Crippen LogP contribution is -2.48. The van der Waals surface area contributed by atoms with E-state index in [-0.39, 0.29) is 18.1 Å². The van der Waals surface area contributed by atoms with Crippen molar-refractivity contribution in [2.24, 2.45) is 0 Å². The van der Waals surface area contributed by atoms with E-state index in [1.807, 2.05) is 20.8 Å². The zero-order valence-electron chi connectivity index (χ0n) is 13.2. The summed E-state index contributed by atoms with van der Waals surface area (Å²) >= 11 is 5.74. The summed E-state index contributed by atoms with van der Waals surface area (Å²) in [6.07, 6.45) is 5.60. The first-order valence-corrected chi connectivity index (χ1v) is 7.83. The van der Waals surface area contributed by atoms with E-state index < -0.39 is 5.60 Å². The van der Waals surface area contributed by atoms with Gasteiger partial charge in [0, 0.05) is 6.54 Å². The molecule has 1 unspecified atom stereocenters. The Morgan fingerprint density at radius 1 is 1.36 bits per heavy atom. The third-order valence-corrected chi connectivity index (χ3v) is 3.45. The molecule has 7 heteroatoms. The minimum atomic E-state index is -0.501. The molecule has 22 heavy (non-hydrogen) atoms. The summed E-state index contributed by atoms with van der Waals surface area (Å²) in [7, 11) is 0. The summed E-state index contributed by atoms with van der Waals surface area (Å²) in [5, 5.41) is 0.459. The van der Waals surface area contributed by atoms with Gasteiger partial charge in [0.25, 0.3) is 0 Å². The maximum atomic E-state index is 12.3. The lowest BCUT2D eigenvalue weighted by molar-refractivity contribution is 0.00306. The van der Waals surface area contributed by atoms with E-state index in [1.54, 1.807) is 4.90 Å². The highest BCUT2D eigenvalue weighted by Crippen LogP contribution is 2.21. The summed E-state index contributed by atoms with van der Waals surface area (Å²) in [4.78, 5) is 22.0. The average Bonchev–Trinajstić information content (AvgIpc) is 2.45. The maximum absolute atomic E-state index is 12.3. The third kappa shape index (κ3) is 5.02. The van der Waals surface area contributed by atoms with Crippen LogP contribution in [0.2, 0.25) is 5.02 Å². The van der Waals surface area contributed by atoms with Crippen LogP contribution in [0, 0.1) is 0 Å². The van der Waals surface area contributed by atoms with Gasteiger partial charge in [-0.2, -0.15) is 0 Å². The predicted octanol–water partition coefficient (Wildman–Crippen LogP) is 3.30. The van der Waals surface area contributed by atoms with E-state index in [2.05, 4.69) is 9.97 Å². The van der Waals surface area contributed by atoms with Crippen molar-refractivity contribution in [3.05, 3.63) is 17.4 Å². The summed E-state index contributed by atoms with van der Waals surface area (Å²) in [6, 6.07) is 0.238. The molecular weight excluding hydrogens is 306 g/mol. The number of rotatable bonds is 3. The molecule has 1 aliphatic rings. The minimum Gasteiger partial charge on any atom is -0.461 e. The third-order valence-electron chi connectivity index (χ3n) is 3.26. The predicted molar refractivity (Wildman–Crippen MR) is 83.1 cm³/mol. The fraction of sp³-hybridized carbons (Fsp3) is 0.667. The van der Waals surface area contributed by atoms with Crippen LogP contribution in [-0.2, 0) is 4.74 Å². The molecule has 1 aromatic heterocycles. The van der Waals surface area contributed by atoms with Gasteiger partial charge in [0.1, 0.15) is 12.2 Å². The summed E-state index contributed by atoms with van der Waals surface area (Å²) in [5.41, 5.74) is -0.501. The van der Waals surface area contributed by atoms with Crippen molar-refractivity contribution in [3.8, 4) is 6.01 Å². The molecule has 2 heterocycles. The molecule has 2 rings (SSSR count). The average molecular weight is 328 g/mol. The molecule has 1 saturated heterocycles. The monoisotopic (exact) mass is 327 g/mol. The normalized spacial score (nSPS) is 18.9. The zero-order chi connectivity index (χ0) is 16.2. The van der Waals surface area contributed by atoms with Crippen LogP contribution in [0.3, 0.4) is 0 Å². The number of hydrogen-bond acceptors (Lipinski definition) is 5. The largest absolute Gasteiger partial charge is 0.461 e. The van der Waals surface area contributed by atoms with Crippen molar-refractivity contribution in [2.75, 3.05) is 13.2 Å². The van der Waals surface area contributed by atoms with E-state index in [9.17, 15) is 4.79 Å². The molecule has 0 bridgehead atoms. The number of carbonyl (C=O) groups excluding carboxylic acids is 1. The first kappa shape index (κ1) is 16.8. The first-order valence-electron chi connectivity index (χ1n) is 7.45. The van der Waals surface area contributed by atoms with Crippen molar-refractivity contribution in [3.63, 3.8) is 0 Å². The van der Waals surface area contributed by atoms with E-state index in [0.29, 0.717) is 18.2 Å². The fourth-order valence-corrected chi connectivity index (χ4v) is 2.38. The number of likely N-dealkylation sites (tertiary alicyclic amines) is 1. The second-order valence-corrected chi connectivity index (χ2v) is 6.75. The lowest BCUT2D eigenvalue weighted by Gasteiger charge is -2.36. The Bertz CT molecular complexity index is 502. The van der Waals surface area contributed by atoms with Crippen LogP contribution in [0.5, 0.6) is 6.01 Å². The topological polar surface area (TPSA) is 64.5 Å². The number of piperidine rings is 1. The number of hydrogen-bond donors (Lipinski definition) is 0. The molecule has 122 valence electrons. The van der Waals surface area contributed by atoms with Crippen LogP contribution in [0.25, 0.3) is 0 Å². The van der Waals surface area contributed by atoms with Crippen molar-refractivity contribution in [1.29, 1.82) is 0 Å². The summed E-state index contributed by atoms with van der Waals surface area (Å²) < 4.78 is 11.0. The van der Waals surface area contributed by atoms with Gasteiger partial charge in [-0.25, -0.2) is 14.8 Å². The van der Waals surface area contributed by atoms with E-state index >= 15 is 0 Å². The number of nitrogens with zero attached hydrogens (tertiary/aromatic N) is 3. The maximum Gasteiger partial charge on any atom is 0.410 e. The van der Waals surface area contributed by atoms with E-state index in [0.717, 1.165) is 19.3 Å². The van der Waals surface area contributed by atoms with Gasteiger partial charge in [0.15, 0.2) is 0 Å². The number of halogens is 1. The van der Waals surface area contributed by atoms with Crippen molar-refractivity contribution in [1.82, 2.24) is 14.9 Å². The molecule has 0 aliphatic carbocycles. The molecule has 1 aromatic rings. The van der Waals surface area contributed by atoms with Crippen molar-refractivity contribution < 1.29 is 14.3 Å². The molecule has 1 atom stereocenters. The highest BCUT2D eigenvalue weighted by Gasteiger charge is 2.31. The van der Waals surface area contributed by atoms with Gasteiger partial charge in [-0.3, -0.25) is 0 Å². The molecule has 6 nitrogen and oxygen atoms in total. The van der Waals surface area contributed by atoms with Gasteiger partial charge in [-0.1, -0.05) is 11.6 Å². The van der Waals surface area contributed by atoms with Crippen LogP contribution < -0.4 is 4.74 Å². The molecule has 1 fully saturated rings. The Morgan fingerprint density at radius 3 is 2.68 bits per heavy atom. The quantitative estimate of drug-likeness (QED) is 0.852. The van der Waals surface area contributed by atoms with Gasteiger partial charge >= 0.3 is 12.1 Å². The van der Waals surface area contributed by atoms with Crippen LogP contribution in [0.15, 0.2) is 12.4 Å². The van der Waals surface area contributed by atoms with Gasteiger partial charge in [-0.05, 0) is 40.0 Å². The smallest absolute Gasteiger partial charge is 0.410 e. The number of ether oxygens (including phenoxy) is 2. The molecular formula is C15H22ClN3O3. The number of aromatic nitrogens is 2. The number of carbonyl (C=O) groups is 1. The second kappa shape index (κ2) is 7.13. The van der Waals surface area contributed by atoms with Crippen LogP contribution >= 0.6 is 11.6 Å². The zero-order valence-corrected chi connectivity index (χ0v) is 14.0. The Kier molecular flexibility index (Phi) is 5.45. The van der Waals surface area contributed by atoms with Gasteiger partial charge in [-0.15, -0.1) is 0 Å². The SMILES string of the molecule is CC(C)(C)OC(=O)N1CCCCC1COc1ncc(Cl)cn1. The standard InChI is InChI=1S/C15H22ClN3O3/c1-15(2,3)22-14(20)19-7-5-4-6-12(19)10-21-13-17-8-11(16)9-18-13/h8-9,12H,4-7,10H2,1-3H3. The van der Waals surface area contributed by atoms with Gasteiger partial charge in [0.05, 0.1) is 23.5 Å². The molecule has 0 aromatic carbocycles. The molecule has 0 N–H and O–H groups in total. The number of amides is 1. The van der Waals surface area contributed by atoms with E-state index in [1.165, 1.54) is 12.4 Å². The van der Waals surface area contributed by atoms with Crippen LogP contribution in [0.1, 0.15) is 40.0 Å². The molecule has 1 amide bonds. The van der Waals surface area contributed by atoms with E-state index in [4.69, 9.17) is 21.1 Å². The molecule has 0 spiro atoms. The Morgan fingerprint density at radius 2 is 2.05 bits per heavy atom. The highest BCUT2D eigenvalue weighted by molar-refractivity contribution is 6.30.